The van der Waals surface area contributed by atoms with E-state index in [4.69, 9.17) is 5.73 Å². The van der Waals surface area contributed by atoms with Crippen molar-refractivity contribution in [2.45, 2.75) is 45.2 Å². The van der Waals surface area contributed by atoms with Gasteiger partial charge in [-0.3, -0.25) is 9.79 Å². The highest BCUT2D eigenvalue weighted by molar-refractivity contribution is 7.13. The summed E-state index contributed by atoms with van der Waals surface area (Å²) in [6, 6.07) is 0. The molecule has 0 aromatic carbocycles. The third-order valence-electron chi connectivity index (χ3n) is 4.04. The number of nitrogens with two attached hydrogens (primary N) is 1. The summed E-state index contributed by atoms with van der Waals surface area (Å²) in [6.07, 6.45) is -0.228. The van der Waals surface area contributed by atoms with E-state index >= 15 is 0 Å². The van der Waals surface area contributed by atoms with Crippen LogP contribution in [0.25, 0.3) is 0 Å². The lowest BCUT2D eigenvalue weighted by molar-refractivity contribution is -0.119. The number of carbonyl (C=O) groups excluding carboxylic acids is 1. The molecular formula is C16H21F3N4OS. The van der Waals surface area contributed by atoms with Crippen molar-refractivity contribution in [1.82, 2.24) is 4.98 Å². The number of anilines is 1. The van der Waals surface area contributed by atoms with Crippen LogP contribution in [-0.2, 0) is 4.79 Å². The van der Waals surface area contributed by atoms with Gasteiger partial charge in [0.1, 0.15) is 5.70 Å². The van der Waals surface area contributed by atoms with Crippen molar-refractivity contribution in [3.8, 4) is 0 Å². The van der Waals surface area contributed by atoms with Crippen molar-refractivity contribution < 1.29 is 18.0 Å². The van der Waals surface area contributed by atoms with Crippen LogP contribution in [0, 0.1) is 5.92 Å². The molecule has 1 aromatic rings. The normalized spacial score (nSPS) is 20.4. The van der Waals surface area contributed by atoms with Crippen LogP contribution in [0.1, 0.15) is 39.0 Å². The number of nitrogens with zero attached hydrogens (tertiary/aromatic N) is 2. The van der Waals surface area contributed by atoms with Gasteiger partial charge >= 0.3 is 6.18 Å². The number of allylic oxidation sites excluding steroid dienone is 2. The van der Waals surface area contributed by atoms with E-state index in [0.29, 0.717) is 36.5 Å². The van der Waals surface area contributed by atoms with Gasteiger partial charge in [0.2, 0.25) is 5.91 Å². The van der Waals surface area contributed by atoms with Gasteiger partial charge < -0.3 is 11.1 Å². The zero-order chi connectivity index (χ0) is 18.4. The molecule has 1 fully saturated rings. The molecule has 0 spiro atoms. The molecule has 1 unspecified atom stereocenters. The highest BCUT2D eigenvalue weighted by Crippen LogP contribution is 2.31. The Bertz CT molecular complexity index is 653. The van der Waals surface area contributed by atoms with Gasteiger partial charge in [-0.25, -0.2) is 4.98 Å². The van der Waals surface area contributed by atoms with Gasteiger partial charge in [0.05, 0.1) is 0 Å². The first-order chi connectivity index (χ1) is 11.8. The molecule has 25 heavy (non-hydrogen) atoms. The molecule has 0 saturated heterocycles. The molecule has 0 radical (unpaired) electrons. The zero-order valence-corrected chi connectivity index (χ0v) is 14.7. The SMILES string of the molecule is CC(CCN=C1CCCCC1=C(N)C(F)(F)F)C(=O)Nc1nccs1. The molecule has 1 amide bonds. The quantitative estimate of drug-likeness (QED) is 0.820. The molecule has 1 saturated carbocycles. The van der Waals surface area contributed by atoms with E-state index in [-0.39, 0.29) is 23.9 Å². The second kappa shape index (κ2) is 8.46. The molecule has 1 aliphatic rings. The Kier molecular flexibility index (Phi) is 6.57. The Morgan fingerprint density at radius 2 is 2.16 bits per heavy atom. The molecule has 1 aromatic heterocycles. The van der Waals surface area contributed by atoms with E-state index in [1.165, 1.54) is 11.3 Å². The molecule has 1 heterocycles. The van der Waals surface area contributed by atoms with E-state index < -0.39 is 11.9 Å². The lowest BCUT2D eigenvalue weighted by atomic mass is 9.91. The van der Waals surface area contributed by atoms with Crippen LogP contribution in [0.4, 0.5) is 18.3 Å². The lowest BCUT2D eigenvalue weighted by Gasteiger charge is -2.21. The van der Waals surface area contributed by atoms with Crippen LogP contribution >= 0.6 is 11.3 Å². The number of hydrogen-bond donors (Lipinski definition) is 2. The van der Waals surface area contributed by atoms with Crippen LogP contribution in [0.3, 0.4) is 0 Å². The predicted molar refractivity (Wildman–Crippen MR) is 92.6 cm³/mol. The van der Waals surface area contributed by atoms with E-state index in [2.05, 4.69) is 15.3 Å². The second-order valence-electron chi connectivity index (χ2n) is 5.94. The van der Waals surface area contributed by atoms with Crippen LogP contribution < -0.4 is 11.1 Å². The maximum absolute atomic E-state index is 12.8. The van der Waals surface area contributed by atoms with Crippen molar-refractivity contribution in [1.29, 1.82) is 0 Å². The minimum absolute atomic E-state index is 0.110. The van der Waals surface area contributed by atoms with Gasteiger partial charge in [0.15, 0.2) is 5.13 Å². The number of aromatic nitrogens is 1. The minimum atomic E-state index is -4.53. The van der Waals surface area contributed by atoms with Crippen molar-refractivity contribution in [3.05, 3.63) is 22.8 Å². The number of nitrogens with one attached hydrogen (secondary N) is 1. The summed E-state index contributed by atoms with van der Waals surface area (Å²) in [7, 11) is 0. The molecule has 0 bridgehead atoms. The van der Waals surface area contributed by atoms with Crippen molar-refractivity contribution in [2.24, 2.45) is 16.6 Å². The van der Waals surface area contributed by atoms with E-state index in [9.17, 15) is 18.0 Å². The average Bonchev–Trinajstić information content (AvgIpc) is 3.06. The number of hydrogen-bond acceptors (Lipinski definition) is 5. The van der Waals surface area contributed by atoms with Crippen molar-refractivity contribution >= 4 is 28.1 Å². The highest BCUT2D eigenvalue weighted by Gasteiger charge is 2.35. The molecule has 3 N–H and O–H groups in total. The van der Waals surface area contributed by atoms with E-state index in [1.54, 1.807) is 18.5 Å². The van der Waals surface area contributed by atoms with Crippen LogP contribution in [0.2, 0.25) is 0 Å². The second-order valence-corrected chi connectivity index (χ2v) is 6.84. The van der Waals surface area contributed by atoms with Gasteiger partial charge in [0, 0.05) is 35.3 Å². The zero-order valence-electron chi connectivity index (χ0n) is 13.9. The number of carbonyl (C=O) groups is 1. The largest absolute Gasteiger partial charge is 0.431 e. The molecule has 2 rings (SSSR count). The van der Waals surface area contributed by atoms with Gasteiger partial charge in [-0.1, -0.05) is 6.92 Å². The highest BCUT2D eigenvalue weighted by atomic mass is 32.1. The predicted octanol–water partition coefficient (Wildman–Crippen LogP) is 3.90. The molecular weight excluding hydrogens is 353 g/mol. The van der Waals surface area contributed by atoms with Crippen molar-refractivity contribution in [3.63, 3.8) is 0 Å². The Morgan fingerprint density at radius 3 is 2.80 bits per heavy atom. The number of alkyl halides is 3. The maximum Gasteiger partial charge on any atom is 0.431 e. The summed E-state index contributed by atoms with van der Waals surface area (Å²) in [5.41, 5.74) is 4.77. The third-order valence-corrected chi connectivity index (χ3v) is 4.73. The van der Waals surface area contributed by atoms with E-state index in [0.717, 1.165) is 6.42 Å². The molecule has 9 heteroatoms. The Hall–Kier alpha value is -1.90. The lowest BCUT2D eigenvalue weighted by Crippen LogP contribution is -2.26. The summed E-state index contributed by atoms with van der Waals surface area (Å²) in [6.45, 7) is 2.04. The van der Waals surface area contributed by atoms with Gasteiger partial charge in [-0.15, -0.1) is 11.3 Å². The maximum atomic E-state index is 12.8. The standard InChI is InChI=1S/C16H21F3N4OS/c1-10(14(24)23-15-22-8-9-25-15)6-7-21-12-5-3-2-4-11(12)13(20)16(17,18)19/h8-10H,2-7,20H2,1H3,(H,22,23,24). The number of aliphatic imine (C=N–C) groups is 1. The fourth-order valence-electron chi connectivity index (χ4n) is 2.56. The first-order valence-electron chi connectivity index (χ1n) is 8.09. The Labute approximate surface area is 148 Å². The smallest absolute Gasteiger partial charge is 0.394 e. The number of amides is 1. The van der Waals surface area contributed by atoms with Crippen molar-refractivity contribution in [2.75, 3.05) is 11.9 Å². The molecule has 1 atom stereocenters. The Balaban J connectivity index is 1.96. The number of halogens is 3. The summed E-state index contributed by atoms with van der Waals surface area (Å²) in [4.78, 5) is 20.3. The van der Waals surface area contributed by atoms with Crippen LogP contribution in [0.5, 0.6) is 0 Å². The third kappa shape index (κ3) is 5.55. The average molecular weight is 374 g/mol. The first-order valence-corrected chi connectivity index (χ1v) is 8.97. The molecule has 0 aliphatic heterocycles. The molecule has 138 valence electrons. The molecule has 5 nitrogen and oxygen atoms in total. The summed E-state index contributed by atoms with van der Waals surface area (Å²) in [5.74, 6) is -0.492. The van der Waals surface area contributed by atoms with Gasteiger partial charge in [-0.05, 0) is 32.1 Å². The fraction of sp³-hybridized carbons (Fsp3) is 0.562. The monoisotopic (exact) mass is 374 g/mol. The summed E-state index contributed by atoms with van der Waals surface area (Å²) < 4.78 is 38.5. The van der Waals surface area contributed by atoms with Gasteiger partial charge in [-0.2, -0.15) is 13.2 Å². The number of rotatable bonds is 5. The fourth-order valence-corrected chi connectivity index (χ4v) is 3.09. The Morgan fingerprint density at radius 1 is 1.44 bits per heavy atom. The van der Waals surface area contributed by atoms with Gasteiger partial charge in [0.25, 0.3) is 0 Å². The summed E-state index contributed by atoms with van der Waals surface area (Å²) >= 11 is 1.32. The van der Waals surface area contributed by atoms with Crippen LogP contribution in [0.15, 0.2) is 27.8 Å². The number of thiazole rings is 1. The topological polar surface area (TPSA) is 80.4 Å². The van der Waals surface area contributed by atoms with E-state index in [1.807, 2.05) is 0 Å². The van der Waals surface area contributed by atoms with Crippen LogP contribution in [-0.4, -0.2) is 29.3 Å². The minimum Gasteiger partial charge on any atom is -0.394 e. The molecule has 1 aliphatic carbocycles. The first kappa shape index (κ1) is 19.4. The summed E-state index contributed by atoms with van der Waals surface area (Å²) in [5, 5.41) is 4.98.